The van der Waals surface area contributed by atoms with Crippen molar-refractivity contribution >= 4 is 69.4 Å². The molecule has 17 nitrogen and oxygen atoms in total. The Morgan fingerprint density at radius 2 is 1.57 bits per heavy atom. The fourth-order valence-corrected chi connectivity index (χ4v) is 10.1. The number of hydrogen-bond donors (Lipinski definition) is 3. The van der Waals surface area contributed by atoms with Crippen LogP contribution in [0.15, 0.2) is 60.8 Å². The third-order valence-corrected chi connectivity index (χ3v) is 13.9. The van der Waals surface area contributed by atoms with Gasteiger partial charge in [0.15, 0.2) is 11.5 Å². The number of nitrogens with one attached hydrogen (secondary N) is 3. The van der Waals surface area contributed by atoms with Crippen molar-refractivity contribution in [2.75, 3.05) is 74.4 Å². The summed E-state index contributed by atoms with van der Waals surface area (Å²) in [4.78, 5) is 83.6. The summed E-state index contributed by atoms with van der Waals surface area (Å²) >= 11 is 0. The maximum absolute atomic E-state index is 13.5. The first-order valence-electron chi connectivity index (χ1n) is 22.7. The summed E-state index contributed by atoms with van der Waals surface area (Å²) in [5, 5.41) is 14.8. The molecule has 3 N–H and O–H groups in total. The second-order valence-corrected chi connectivity index (χ2v) is 18.2. The summed E-state index contributed by atoms with van der Waals surface area (Å²) in [5.74, 6) is -0.102. The molecule has 3 aromatic carbocycles. The van der Waals surface area contributed by atoms with Crippen LogP contribution in [0, 0.1) is 19.8 Å². The Balaban J connectivity index is 0.681. The molecule has 3 fully saturated rings. The van der Waals surface area contributed by atoms with Gasteiger partial charge >= 0.3 is 0 Å². The second-order valence-electron chi connectivity index (χ2n) is 18.2. The first kappa shape index (κ1) is 42.2. The van der Waals surface area contributed by atoms with Gasteiger partial charge in [-0.3, -0.25) is 44.0 Å². The molecule has 3 saturated heterocycles. The Morgan fingerprint density at radius 3 is 2.34 bits per heavy atom. The monoisotopic (exact) mass is 878 g/mol. The zero-order valence-corrected chi connectivity index (χ0v) is 37.1. The van der Waals surface area contributed by atoms with E-state index in [9.17, 15) is 24.0 Å². The molecular weight excluding hydrogens is 825 g/mol. The van der Waals surface area contributed by atoms with Crippen molar-refractivity contribution < 1.29 is 24.0 Å². The lowest BCUT2D eigenvalue weighted by Gasteiger charge is -2.39. The highest BCUT2D eigenvalue weighted by atomic mass is 16.2. The van der Waals surface area contributed by atoms with Crippen LogP contribution in [0.3, 0.4) is 0 Å². The average molecular weight is 879 g/mol. The van der Waals surface area contributed by atoms with Crippen LogP contribution in [-0.4, -0.2) is 134 Å². The van der Waals surface area contributed by atoms with Gasteiger partial charge in [-0.2, -0.15) is 10.1 Å². The summed E-state index contributed by atoms with van der Waals surface area (Å²) in [6, 6.07) is 17.0. The number of piperazine rings is 1. The SMILES string of the molecule is Cc1cccc(C)c1Nc1nn(C)c2nc(Nc3ccc4c(c3)CN(CC3CCN(C(=O)CN5CCN(c6ccc7c(c6)C(=O)N(C6CCC(=O)NC6=O)C7=O)CC5)CC3)CC4)ncc12. The fourth-order valence-electron chi connectivity index (χ4n) is 10.1. The number of likely N-dealkylation sites (tertiary alicyclic amines) is 1. The Kier molecular flexibility index (Phi) is 11.3. The number of para-hydroxylation sites is 1. The molecule has 2 aromatic heterocycles. The molecule has 5 aliphatic heterocycles. The molecule has 0 saturated carbocycles. The van der Waals surface area contributed by atoms with E-state index in [1.807, 2.05) is 24.2 Å². The van der Waals surface area contributed by atoms with Crippen LogP contribution >= 0.6 is 0 Å². The standard InChI is InChI=1S/C48H54N12O5/c1-29-5-4-6-30(2)42(29)52-43-38-25-49-48(53-44(38)55(3)54-43)50-34-8-7-32-15-16-57(27-33(32)23-34)26-31-13-17-59(18-14-31)41(62)28-56-19-21-58(22-20-56)35-9-10-36-37(24-35)47(65)60(46(36)64)39-11-12-40(61)51-45(39)63/h4-10,23-25,31,39H,11-22,26-28H2,1-3H3,(H,52,54)(H,49,50,53)(H,51,61,63). The Labute approximate surface area is 377 Å². The molecular formula is C48H54N12O5. The minimum Gasteiger partial charge on any atom is -0.369 e. The highest BCUT2D eigenvalue weighted by Gasteiger charge is 2.45. The Hall–Kier alpha value is -6.72. The van der Waals surface area contributed by atoms with E-state index in [0.717, 1.165) is 102 Å². The van der Waals surface area contributed by atoms with E-state index < -0.39 is 29.7 Å². The van der Waals surface area contributed by atoms with Crippen LogP contribution in [0.1, 0.15) is 68.7 Å². The number of aryl methyl sites for hydroxylation is 3. The highest BCUT2D eigenvalue weighted by Crippen LogP contribution is 2.33. The molecule has 5 aliphatic rings. The number of nitrogens with zero attached hydrogens (tertiary/aromatic N) is 9. The van der Waals surface area contributed by atoms with Crippen LogP contribution in [0.2, 0.25) is 0 Å². The van der Waals surface area contributed by atoms with Gasteiger partial charge in [-0.1, -0.05) is 24.3 Å². The minimum absolute atomic E-state index is 0.0789. The first-order chi connectivity index (χ1) is 31.4. The number of rotatable bonds is 10. The van der Waals surface area contributed by atoms with Gasteiger partial charge < -0.3 is 20.4 Å². The molecule has 10 rings (SSSR count). The molecule has 17 heteroatoms. The number of carbonyl (C=O) groups is 5. The van der Waals surface area contributed by atoms with E-state index in [2.05, 4.69) is 85.9 Å². The third-order valence-electron chi connectivity index (χ3n) is 13.9. The predicted octanol–water partition coefficient (Wildman–Crippen LogP) is 4.29. The van der Waals surface area contributed by atoms with Gasteiger partial charge in [0.05, 0.1) is 23.1 Å². The summed E-state index contributed by atoms with van der Waals surface area (Å²) in [6.45, 7) is 11.7. The lowest BCUT2D eigenvalue weighted by molar-refractivity contribution is -0.136. The van der Waals surface area contributed by atoms with Gasteiger partial charge in [-0.15, -0.1) is 0 Å². The largest absolute Gasteiger partial charge is 0.369 e. The average Bonchev–Trinajstić information content (AvgIpc) is 3.74. The molecule has 336 valence electrons. The van der Waals surface area contributed by atoms with Crippen LogP contribution in [0.25, 0.3) is 11.0 Å². The van der Waals surface area contributed by atoms with Gasteiger partial charge in [0.1, 0.15) is 6.04 Å². The maximum atomic E-state index is 13.5. The third kappa shape index (κ3) is 8.41. The number of imide groups is 2. The number of hydrogen-bond acceptors (Lipinski definition) is 13. The van der Waals surface area contributed by atoms with Crippen molar-refractivity contribution in [1.29, 1.82) is 0 Å². The summed E-state index contributed by atoms with van der Waals surface area (Å²) in [7, 11) is 1.90. The summed E-state index contributed by atoms with van der Waals surface area (Å²) in [5.41, 5.74) is 9.07. The molecule has 5 aromatic rings. The molecule has 0 radical (unpaired) electrons. The Morgan fingerprint density at radius 1 is 0.800 bits per heavy atom. The molecule has 65 heavy (non-hydrogen) atoms. The first-order valence-corrected chi connectivity index (χ1v) is 22.7. The van der Waals surface area contributed by atoms with Crippen LogP contribution in [0.5, 0.6) is 0 Å². The van der Waals surface area contributed by atoms with Crippen LogP contribution in [0.4, 0.5) is 28.8 Å². The number of anilines is 5. The van der Waals surface area contributed by atoms with E-state index in [0.29, 0.717) is 44.6 Å². The maximum Gasteiger partial charge on any atom is 0.262 e. The van der Waals surface area contributed by atoms with E-state index in [1.54, 1.807) is 16.8 Å². The second kappa shape index (κ2) is 17.3. The smallest absolute Gasteiger partial charge is 0.262 e. The summed E-state index contributed by atoms with van der Waals surface area (Å²) in [6.07, 6.45) is 5.00. The van der Waals surface area contributed by atoms with Gasteiger partial charge in [0, 0.05) is 95.6 Å². The predicted molar refractivity (Wildman–Crippen MR) is 245 cm³/mol. The summed E-state index contributed by atoms with van der Waals surface area (Å²) < 4.78 is 1.78. The molecule has 0 spiro atoms. The van der Waals surface area contributed by atoms with Crippen LogP contribution < -0.4 is 20.9 Å². The number of carbonyl (C=O) groups excluding carboxylic acids is 5. The Bertz CT molecular complexity index is 2720. The quantitative estimate of drug-likeness (QED) is 0.169. The number of benzene rings is 3. The fraction of sp³-hybridized carbons (Fsp3) is 0.417. The lowest BCUT2D eigenvalue weighted by atomic mass is 9.93. The highest BCUT2D eigenvalue weighted by molar-refractivity contribution is 6.23. The molecule has 1 unspecified atom stereocenters. The lowest BCUT2D eigenvalue weighted by Crippen LogP contribution is -2.54. The number of piperidine rings is 2. The topological polar surface area (TPSA) is 181 Å². The normalized spacial score (nSPS) is 19.7. The van der Waals surface area contributed by atoms with Gasteiger partial charge in [-0.05, 0) is 98.0 Å². The van der Waals surface area contributed by atoms with Crippen molar-refractivity contribution in [2.45, 2.75) is 58.5 Å². The van der Waals surface area contributed by atoms with Gasteiger partial charge in [0.2, 0.25) is 23.7 Å². The van der Waals surface area contributed by atoms with Crippen LogP contribution in [-0.2, 0) is 34.4 Å². The number of aromatic nitrogens is 4. The van der Waals surface area contributed by atoms with Crippen molar-refractivity contribution in [3.05, 3.63) is 94.2 Å². The molecule has 5 amide bonds. The van der Waals surface area contributed by atoms with E-state index in [-0.39, 0.29) is 29.9 Å². The van der Waals surface area contributed by atoms with Crippen molar-refractivity contribution in [3.63, 3.8) is 0 Å². The minimum atomic E-state index is -0.993. The number of amides is 5. The zero-order chi connectivity index (χ0) is 44.9. The van der Waals surface area contributed by atoms with Gasteiger partial charge in [-0.25, -0.2) is 9.67 Å². The molecule has 0 bridgehead atoms. The van der Waals surface area contributed by atoms with Gasteiger partial charge in [0.25, 0.3) is 11.8 Å². The molecule has 1 atom stereocenters. The van der Waals surface area contributed by atoms with Crippen molar-refractivity contribution in [1.82, 2.24) is 44.7 Å². The van der Waals surface area contributed by atoms with E-state index in [4.69, 9.17) is 10.1 Å². The van der Waals surface area contributed by atoms with Crippen molar-refractivity contribution in [3.8, 4) is 0 Å². The van der Waals surface area contributed by atoms with E-state index >= 15 is 0 Å². The zero-order valence-electron chi connectivity index (χ0n) is 37.1. The van der Waals surface area contributed by atoms with Crippen molar-refractivity contribution in [2.24, 2.45) is 13.0 Å². The molecule has 7 heterocycles. The van der Waals surface area contributed by atoms with E-state index in [1.165, 1.54) is 11.1 Å². The molecule has 0 aliphatic carbocycles. The number of fused-ring (bicyclic) bond motifs is 3.